The zero-order chi connectivity index (χ0) is 57.0. The fourth-order valence-corrected chi connectivity index (χ4v) is 7.93. The first-order valence-electron chi connectivity index (χ1n) is 29.8. The summed E-state index contributed by atoms with van der Waals surface area (Å²) < 4.78 is 34.1. The molecule has 0 N–H and O–H groups in total. The standard InChI is InChI=1S/C68H108NO8P/c1-6-8-10-12-14-16-18-20-22-24-25-26-27-28-29-30-31-32-33-34-35-36-37-38-39-40-41-42-43-45-47-49-51-53-55-57-59-61-68(71)77-66(65-76-78(72,73)75-63-62-69(3,4)5)64-74-67(70)60-58-56-54-52-50-48-46-44-23-21-19-17-15-13-11-9-7-2/h8-11,14-17,20-23,25-26,28-29,31-32,34-35,37-38,40-41,43,45,49,51,66H,6-7,12-13,18-19,24,27,30,33,36,39,42,44,46-48,50,52-65H2,1-5H3/b10-8-,11-9-,16-14-,17-15-,22-20-,23-21-,26-25-,29-28-,32-31-,35-34-,38-37-,41-40-,45-43-,51-49-. The number of esters is 2. The first-order valence-corrected chi connectivity index (χ1v) is 31.3. The van der Waals surface area contributed by atoms with Crippen LogP contribution in [0.5, 0.6) is 0 Å². The number of allylic oxidation sites excluding steroid dienone is 28. The second kappa shape index (κ2) is 57.1. The number of nitrogens with zero attached hydrogens (tertiary/aromatic N) is 1. The lowest BCUT2D eigenvalue weighted by Crippen LogP contribution is -2.37. The van der Waals surface area contributed by atoms with E-state index >= 15 is 0 Å². The van der Waals surface area contributed by atoms with Gasteiger partial charge < -0.3 is 27.9 Å². The monoisotopic (exact) mass is 1100 g/mol. The number of phosphoric ester groups is 1. The quantitative estimate of drug-likeness (QED) is 0.0195. The number of carbonyl (C=O) groups excluding carboxylic acids is 2. The summed E-state index contributed by atoms with van der Waals surface area (Å²) in [6, 6.07) is 0. The number of likely N-dealkylation sites (N-methyl/N-ethyl adjacent to an activating group) is 1. The summed E-state index contributed by atoms with van der Waals surface area (Å²) in [5, 5.41) is 0. The van der Waals surface area contributed by atoms with Crippen LogP contribution in [-0.4, -0.2) is 70.0 Å². The number of hydrogen-bond acceptors (Lipinski definition) is 8. The van der Waals surface area contributed by atoms with Gasteiger partial charge in [0.15, 0.2) is 6.10 Å². The highest BCUT2D eigenvalue weighted by Gasteiger charge is 2.21. The molecule has 2 unspecified atom stereocenters. The number of rotatable bonds is 52. The number of phosphoric acid groups is 1. The van der Waals surface area contributed by atoms with Crippen LogP contribution in [0.2, 0.25) is 0 Å². The minimum Gasteiger partial charge on any atom is -0.756 e. The van der Waals surface area contributed by atoms with Gasteiger partial charge in [-0.05, 0) is 128 Å². The van der Waals surface area contributed by atoms with Gasteiger partial charge in [0.05, 0.1) is 27.7 Å². The zero-order valence-electron chi connectivity index (χ0n) is 49.5. The summed E-state index contributed by atoms with van der Waals surface area (Å²) in [6.07, 6.45) is 86.9. The molecule has 0 fully saturated rings. The Morgan fingerprint density at radius 1 is 0.397 bits per heavy atom. The molecule has 0 aliphatic rings. The molecule has 0 amide bonds. The highest BCUT2D eigenvalue weighted by atomic mass is 31.2. The Morgan fingerprint density at radius 2 is 0.692 bits per heavy atom. The van der Waals surface area contributed by atoms with E-state index < -0.39 is 32.5 Å². The van der Waals surface area contributed by atoms with Gasteiger partial charge in [-0.25, -0.2) is 0 Å². The van der Waals surface area contributed by atoms with Crippen molar-refractivity contribution < 1.29 is 42.1 Å². The third-order valence-corrected chi connectivity index (χ3v) is 12.7. The summed E-state index contributed by atoms with van der Waals surface area (Å²) in [5.41, 5.74) is 0. The number of quaternary nitrogens is 1. The second-order valence-electron chi connectivity index (χ2n) is 20.2. The van der Waals surface area contributed by atoms with Crippen LogP contribution in [0.1, 0.15) is 194 Å². The average Bonchev–Trinajstić information content (AvgIpc) is 3.41. The Balaban J connectivity index is 4.27. The van der Waals surface area contributed by atoms with Gasteiger partial charge in [0.25, 0.3) is 7.82 Å². The van der Waals surface area contributed by atoms with E-state index in [1.807, 2.05) is 21.1 Å². The normalized spacial score (nSPS) is 14.5. The van der Waals surface area contributed by atoms with Crippen molar-refractivity contribution in [3.8, 4) is 0 Å². The molecular weight excluding hydrogens is 990 g/mol. The van der Waals surface area contributed by atoms with Crippen molar-refractivity contribution in [3.05, 3.63) is 170 Å². The van der Waals surface area contributed by atoms with E-state index in [1.165, 1.54) is 19.3 Å². The van der Waals surface area contributed by atoms with Gasteiger partial charge in [-0.15, -0.1) is 0 Å². The molecule has 0 heterocycles. The molecule has 0 radical (unpaired) electrons. The molecule has 0 saturated carbocycles. The maximum atomic E-state index is 12.8. The van der Waals surface area contributed by atoms with Crippen LogP contribution in [0.25, 0.3) is 0 Å². The van der Waals surface area contributed by atoms with Gasteiger partial charge in [0.2, 0.25) is 0 Å². The van der Waals surface area contributed by atoms with Crippen molar-refractivity contribution in [2.75, 3.05) is 47.5 Å². The molecule has 438 valence electrons. The second-order valence-corrected chi connectivity index (χ2v) is 21.7. The van der Waals surface area contributed by atoms with E-state index in [4.69, 9.17) is 18.5 Å². The van der Waals surface area contributed by atoms with E-state index in [0.717, 1.165) is 135 Å². The van der Waals surface area contributed by atoms with Gasteiger partial charge in [-0.2, -0.15) is 0 Å². The van der Waals surface area contributed by atoms with Crippen molar-refractivity contribution in [1.82, 2.24) is 0 Å². The topological polar surface area (TPSA) is 111 Å². The molecule has 0 rings (SSSR count). The van der Waals surface area contributed by atoms with E-state index in [2.05, 4.69) is 184 Å². The molecular formula is C68H108NO8P. The maximum Gasteiger partial charge on any atom is 0.306 e. The molecule has 10 heteroatoms. The molecule has 0 saturated heterocycles. The van der Waals surface area contributed by atoms with Crippen LogP contribution in [0.4, 0.5) is 0 Å². The van der Waals surface area contributed by atoms with Gasteiger partial charge in [0, 0.05) is 12.8 Å². The molecule has 78 heavy (non-hydrogen) atoms. The van der Waals surface area contributed by atoms with E-state index in [9.17, 15) is 19.0 Å². The summed E-state index contributed by atoms with van der Waals surface area (Å²) in [7, 11) is 1.11. The van der Waals surface area contributed by atoms with Crippen LogP contribution in [-0.2, 0) is 32.7 Å². The smallest absolute Gasteiger partial charge is 0.306 e. The number of ether oxygens (including phenoxy) is 2. The third-order valence-electron chi connectivity index (χ3n) is 11.7. The molecule has 0 aliphatic heterocycles. The first-order chi connectivity index (χ1) is 38.0. The minimum atomic E-state index is -4.66. The summed E-state index contributed by atoms with van der Waals surface area (Å²) in [5.74, 6) is -0.899. The number of carbonyl (C=O) groups is 2. The maximum absolute atomic E-state index is 12.8. The van der Waals surface area contributed by atoms with Gasteiger partial charge in [-0.1, -0.05) is 223 Å². The third kappa shape index (κ3) is 60.6. The van der Waals surface area contributed by atoms with Gasteiger partial charge in [-0.3, -0.25) is 14.2 Å². The fourth-order valence-electron chi connectivity index (χ4n) is 7.20. The van der Waals surface area contributed by atoms with Gasteiger partial charge >= 0.3 is 11.9 Å². The van der Waals surface area contributed by atoms with Crippen molar-refractivity contribution in [1.29, 1.82) is 0 Å². The SMILES string of the molecule is CC/C=C\C/C=C\C/C=C\C/C=C\C/C=C\C/C=C\C/C=C\C/C=C\C/C=C\C/C=C\C/C=C\CCCCCC(=O)OC(COC(=O)CCCCCCCCC/C=C\C/C=C\C/C=C\CC)COP(=O)([O-])OCC[N+](C)(C)C. The van der Waals surface area contributed by atoms with Crippen LogP contribution in [0, 0.1) is 0 Å². The summed E-state index contributed by atoms with van der Waals surface area (Å²) >= 11 is 0. The van der Waals surface area contributed by atoms with E-state index in [-0.39, 0.29) is 26.1 Å². The van der Waals surface area contributed by atoms with Crippen LogP contribution < -0.4 is 4.89 Å². The average molecular weight is 1100 g/mol. The highest BCUT2D eigenvalue weighted by molar-refractivity contribution is 7.45. The predicted molar refractivity (Wildman–Crippen MR) is 332 cm³/mol. The highest BCUT2D eigenvalue weighted by Crippen LogP contribution is 2.38. The Kier molecular flexibility index (Phi) is 53.7. The number of hydrogen-bond donors (Lipinski definition) is 0. The molecule has 2 atom stereocenters. The summed E-state index contributed by atoms with van der Waals surface area (Å²) in [6.45, 7) is 3.93. The molecule has 0 aromatic carbocycles. The van der Waals surface area contributed by atoms with E-state index in [0.29, 0.717) is 23.9 Å². The molecule has 0 aromatic rings. The molecule has 0 aliphatic carbocycles. The molecule has 0 bridgehead atoms. The molecule has 9 nitrogen and oxygen atoms in total. The summed E-state index contributed by atoms with van der Waals surface area (Å²) in [4.78, 5) is 37.8. The zero-order valence-corrected chi connectivity index (χ0v) is 50.4. The Labute approximate surface area is 477 Å². The molecule has 0 spiro atoms. The van der Waals surface area contributed by atoms with Crippen LogP contribution >= 0.6 is 7.82 Å². The lowest BCUT2D eigenvalue weighted by atomic mass is 10.1. The van der Waals surface area contributed by atoms with Gasteiger partial charge in [0.1, 0.15) is 19.8 Å². The van der Waals surface area contributed by atoms with Crippen molar-refractivity contribution >= 4 is 19.8 Å². The van der Waals surface area contributed by atoms with E-state index in [1.54, 1.807) is 0 Å². The Bertz CT molecular complexity index is 1920. The lowest BCUT2D eigenvalue weighted by molar-refractivity contribution is -0.870. The fraction of sp³-hybridized carbons (Fsp3) is 0.559. The first kappa shape index (κ1) is 73.4. The Hall–Kier alpha value is -4.63. The lowest BCUT2D eigenvalue weighted by Gasteiger charge is -2.28. The predicted octanol–water partition coefficient (Wildman–Crippen LogP) is 18.4. The minimum absolute atomic E-state index is 0.0494. The van der Waals surface area contributed by atoms with Crippen molar-refractivity contribution in [2.24, 2.45) is 0 Å². The Morgan fingerprint density at radius 3 is 1.04 bits per heavy atom. The van der Waals surface area contributed by atoms with Crippen molar-refractivity contribution in [3.63, 3.8) is 0 Å². The number of unbranched alkanes of at least 4 members (excludes halogenated alkanes) is 10. The largest absolute Gasteiger partial charge is 0.756 e. The molecule has 0 aromatic heterocycles. The van der Waals surface area contributed by atoms with Crippen LogP contribution in [0.15, 0.2) is 170 Å². The van der Waals surface area contributed by atoms with Crippen molar-refractivity contribution in [2.45, 2.75) is 200 Å². The van der Waals surface area contributed by atoms with Crippen LogP contribution in [0.3, 0.4) is 0 Å².